The lowest BCUT2D eigenvalue weighted by Crippen LogP contribution is -2.16. The summed E-state index contributed by atoms with van der Waals surface area (Å²) in [5, 5.41) is 5.51. The number of amides is 1. The standard InChI is InChI=1S/C22H20ClN3O2S/c1-3-28-18-8-5-15(6-9-18)20-12-26-17(13-29-22(26)25-20)11-21(27)24-19-10-16(23)7-4-14(19)2/h4-10,12-13H,3,11H2,1-2H3,(H,24,27). The lowest BCUT2D eigenvalue weighted by Gasteiger charge is -2.08. The number of hydrogen-bond donors (Lipinski definition) is 1. The maximum absolute atomic E-state index is 12.6. The van der Waals surface area contributed by atoms with Crippen LogP contribution in [0, 0.1) is 6.92 Å². The van der Waals surface area contributed by atoms with Gasteiger partial charge in [-0.15, -0.1) is 11.3 Å². The van der Waals surface area contributed by atoms with Crippen molar-refractivity contribution in [3.63, 3.8) is 0 Å². The number of thiazole rings is 1. The molecule has 29 heavy (non-hydrogen) atoms. The molecular formula is C22H20ClN3O2S. The number of aryl methyl sites for hydroxylation is 1. The third-order valence-corrected chi connectivity index (χ3v) is 5.68. The number of imidazole rings is 1. The van der Waals surface area contributed by atoms with Crippen molar-refractivity contribution in [1.29, 1.82) is 0 Å². The van der Waals surface area contributed by atoms with E-state index >= 15 is 0 Å². The molecule has 5 nitrogen and oxygen atoms in total. The van der Waals surface area contributed by atoms with Crippen molar-refractivity contribution >= 4 is 39.5 Å². The number of anilines is 1. The molecule has 148 valence electrons. The summed E-state index contributed by atoms with van der Waals surface area (Å²) in [6.07, 6.45) is 2.22. The first-order valence-electron chi connectivity index (χ1n) is 9.28. The highest BCUT2D eigenvalue weighted by Crippen LogP contribution is 2.26. The zero-order chi connectivity index (χ0) is 20.4. The van der Waals surface area contributed by atoms with Gasteiger partial charge in [0, 0.05) is 33.5 Å². The van der Waals surface area contributed by atoms with Crippen LogP contribution in [0.4, 0.5) is 5.69 Å². The average molecular weight is 426 g/mol. The molecular weight excluding hydrogens is 406 g/mol. The molecule has 0 aliphatic carbocycles. The Balaban J connectivity index is 1.52. The van der Waals surface area contributed by atoms with Gasteiger partial charge < -0.3 is 10.1 Å². The summed E-state index contributed by atoms with van der Waals surface area (Å²) in [5.74, 6) is 0.748. The van der Waals surface area contributed by atoms with Crippen LogP contribution in [0.3, 0.4) is 0 Å². The summed E-state index contributed by atoms with van der Waals surface area (Å²) >= 11 is 7.56. The summed E-state index contributed by atoms with van der Waals surface area (Å²) in [6.45, 7) is 4.54. The van der Waals surface area contributed by atoms with Crippen molar-refractivity contribution in [2.75, 3.05) is 11.9 Å². The average Bonchev–Trinajstić information content (AvgIpc) is 3.28. The number of carbonyl (C=O) groups excluding carboxylic acids is 1. The zero-order valence-electron chi connectivity index (χ0n) is 16.1. The Morgan fingerprint density at radius 3 is 2.79 bits per heavy atom. The van der Waals surface area contributed by atoms with Gasteiger partial charge in [0.25, 0.3) is 0 Å². The molecule has 0 spiro atoms. The van der Waals surface area contributed by atoms with Gasteiger partial charge in [0.05, 0.1) is 18.7 Å². The Morgan fingerprint density at radius 2 is 2.03 bits per heavy atom. The maximum Gasteiger partial charge on any atom is 0.230 e. The molecule has 2 aromatic carbocycles. The van der Waals surface area contributed by atoms with Gasteiger partial charge in [-0.25, -0.2) is 4.98 Å². The molecule has 1 N–H and O–H groups in total. The predicted molar refractivity (Wildman–Crippen MR) is 118 cm³/mol. The van der Waals surface area contributed by atoms with Crippen LogP contribution in [0.15, 0.2) is 54.0 Å². The van der Waals surface area contributed by atoms with E-state index in [-0.39, 0.29) is 12.3 Å². The summed E-state index contributed by atoms with van der Waals surface area (Å²) in [4.78, 5) is 18.1. The zero-order valence-corrected chi connectivity index (χ0v) is 17.7. The number of nitrogens with one attached hydrogen (secondary N) is 1. The second kappa shape index (κ2) is 8.27. The summed E-state index contributed by atoms with van der Waals surface area (Å²) in [5.41, 5.74) is 4.47. The van der Waals surface area contributed by atoms with E-state index < -0.39 is 0 Å². The molecule has 0 aliphatic heterocycles. The van der Waals surface area contributed by atoms with E-state index in [2.05, 4.69) is 10.3 Å². The normalized spacial score (nSPS) is 11.0. The second-order valence-corrected chi connectivity index (χ2v) is 7.92. The Morgan fingerprint density at radius 1 is 1.24 bits per heavy atom. The van der Waals surface area contributed by atoms with Gasteiger partial charge in [0.1, 0.15) is 5.75 Å². The van der Waals surface area contributed by atoms with Crippen LogP contribution in [0.1, 0.15) is 18.2 Å². The second-order valence-electron chi connectivity index (χ2n) is 6.65. The van der Waals surface area contributed by atoms with Gasteiger partial charge in [-0.3, -0.25) is 9.20 Å². The number of rotatable bonds is 6. The van der Waals surface area contributed by atoms with E-state index in [1.165, 1.54) is 11.3 Å². The minimum absolute atomic E-state index is 0.0913. The molecule has 1 amide bonds. The molecule has 0 unspecified atom stereocenters. The Hall–Kier alpha value is -2.83. The van der Waals surface area contributed by atoms with Crippen LogP contribution in [-0.2, 0) is 11.2 Å². The largest absolute Gasteiger partial charge is 0.494 e. The number of fused-ring (bicyclic) bond motifs is 1. The molecule has 7 heteroatoms. The van der Waals surface area contributed by atoms with Crippen molar-refractivity contribution in [2.24, 2.45) is 0 Å². The van der Waals surface area contributed by atoms with Crippen LogP contribution >= 0.6 is 22.9 Å². The third-order valence-electron chi connectivity index (χ3n) is 4.56. The van der Waals surface area contributed by atoms with Gasteiger partial charge in [0.2, 0.25) is 5.91 Å². The van der Waals surface area contributed by atoms with E-state index in [4.69, 9.17) is 16.3 Å². The minimum atomic E-state index is -0.0913. The highest BCUT2D eigenvalue weighted by molar-refractivity contribution is 7.15. The molecule has 2 aromatic heterocycles. The quantitative estimate of drug-likeness (QED) is 0.437. The smallest absolute Gasteiger partial charge is 0.230 e. The molecule has 4 aromatic rings. The van der Waals surface area contributed by atoms with Crippen LogP contribution in [0.25, 0.3) is 16.2 Å². The SMILES string of the molecule is CCOc1ccc(-c2cn3c(CC(=O)Nc4cc(Cl)ccc4C)csc3n2)cc1. The molecule has 0 saturated heterocycles. The molecule has 0 aliphatic rings. The summed E-state index contributed by atoms with van der Waals surface area (Å²) in [6, 6.07) is 13.3. The van der Waals surface area contributed by atoms with Gasteiger partial charge in [0.15, 0.2) is 4.96 Å². The van der Waals surface area contributed by atoms with Crippen molar-refractivity contribution in [3.05, 3.63) is 70.3 Å². The van der Waals surface area contributed by atoms with Crippen LogP contribution in [0.2, 0.25) is 5.02 Å². The topological polar surface area (TPSA) is 55.6 Å². The molecule has 2 heterocycles. The fraction of sp³-hybridized carbons (Fsp3) is 0.182. The van der Waals surface area contributed by atoms with Gasteiger partial charge in [-0.2, -0.15) is 0 Å². The van der Waals surface area contributed by atoms with Gasteiger partial charge >= 0.3 is 0 Å². The number of nitrogens with zero attached hydrogens (tertiary/aromatic N) is 2. The number of carbonyl (C=O) groups is 1. The molecule has 0 bridgehead atoms. The van der Waals surface area contributed by atoms with Gasteiger partial charge in [-0.1, -0.05) is 17.7 Å². The third kappa shape index (κ3) is 4.28. The molecule has 0 atom stereocenters. The first-order valence-corrected chi connectivity index (χ1v) is 10.5. The molecule has 0 fully saturated rings. The Labute approximate surface area is 177 Å². The number of benzene rings is 2. The number of halogens is 1. The van der Waals surface area contributed by atoms with Crippen molar-refractivity contribution in [3.8, 4) is 17.0 Å². The Bertz CT molecular complexity index is 1160. The lowest BCUT2D eigenvalue weighted by molar-refractivity contribution is -0.115. The summed E-state index contributed by atoms with van der Waals surface area (Å²) < 4.78 is 7.46. The number of ether oxygens (including phenoxy) is 1. The number of aromatic nitrogens is 2. The van der Waals surface area contributed by atoms with Gasteiger partial charge in [-0.05, 0) is 55.8 Å². The highest BCUT2D eigenvalue weighted by atomic mass is 35.5. The molecule has 0 radical (unpaired) electrons. The van der Waals surface area contributed by atoms with E-state index in [1.807, 2.05) is 66.2 Å². The monoisotopic (exact) mass is 425 g/mol. The van der Waals surface area contributed by atoms with E-state index in [9.17, 15) is 4.79 Å². The minimum Gasteiger partial charge on any atom is -0.494 e. The lowest BCUT2D eigenvalue weighted by atomic mass is 10.1. The van der Waals surface area contributed by atoms with Crippen molar-refractivity contribution in [1.82, 2.24) is 9.38 Å². The fourth-order valence-corrected chi connectivity index (χ4v) is 4.12. The summed E-state index contributed by atoms with van der Waals surface area (Å²) in [7, 11) is 0. The van der Waals surface area contributed by atoms with Crippen LogP contribution < -0.4 is 10.1 Å². The molecule has 0 saturated carbocycles. The highest BCUT2D eigenvalue weighted by Gasteiger charge is 2.13. The van der Waals surface area contributed by atoms with E-state index in [0.29, 0.717) is 11.6 Å². The van der Waals surface area contributed by atoms with Crippen LogP contribution in [-0.4, -0.2) is 21.9 Å². The van der Waals surface area contributed by atoms with Crippen molar-refractivity contribution < 1.29 is 9.53 Å². The van der Waals surface area contributed by atoms with E-state index in [1.54, 1.807) is 6.07 Å². The number of hydrogen-bond acceptors (Lipinski definition) is 4. The predicted octanol–water partition coefficient (Wildman–Crippen LogP) is 5.60. The fourth-order valence-electron chi connectivity index (χ4n) is 3.07. The van der Waals surface area contributed by atoms with Crippen molar-refractivity contribution in [2.45, 2.75) is 20.3 Å². The maximum atomic E-state index is 12.6. The Kier molecular flexibility index (Phi) is 5.56. The van der Waals surface area contributed by atoms with Crippen LogP contribution in [0.5, 0.6) is 5.75 Å². The van der Waals surface area contributed by atoms with E-state index in [0.717, 1.165) is 38.9 Å². The first kappa shape index (κ1) is 19.5. The first-order chi connectivity index (χ1) is 14.0. The molecule has 4 rings (SSSR count).